The smallest absolute Gasteiger partial charge is 0.0550 e. The molecule has 2 nitrogen and oxygen atoms in total. The van der Waals surface area contributed by atoms with Crippen LogP contribution in [-0.4, -0.2) is 23.4 Å². The van der Waals surface area contributed by atoms with Crippen molar-refractivity contribution >= 4 is 15.9 Å². The Morgan fingerprint density at radius 2 is 1.72 bits per heavy atom. The van der Waals surface area contributed by atoms with Crippen LogP contribution < -0.4 is 0 Å². The van der Waals surface area contributed by atoms with Crippen LogP contribution in [0.15, 0.2) is 28.7 Å². The van der Waals surface area contributed by atoms with Crippen LogP contribution in [0.2, 0.25) is 0 Å². The lowest BCUT2D eigenvalue weighted by atomic mass is 9.74. The third kappa shape index (κ3) is 2.79. The summed E-state index contributed by atoms with van der Waals surface area (Å²) in [5.41, 5.74) is 0.525. The minimum Gasteiger partial charge on any atom is -0.395 e. The average molecular weight is 313 g/mol. The van der Waals surface area contributed by atoms with Gasteiger partial charge in [0.25, 0.3) is 0 Å². The van der Waals surface area contributed by atoms with E-state index < -0.39 is 5.41 Å². The molecule has 100 valence electrons. The fourth-order valence-electron chi connectivity index (χ4n) is 3.12. The molecule has 2 N–H and O–H groups in total. The zero-order valence-electron chi connectivity index (χ0n) is 10.6. The third-order valence-electron chi connectivity index (χ3n) is 4.20. The highest BCUT2D eigenvalue weighted by molar-refractivity contribution is 9.10. The third-order valence-corrected chi connectivity index (χ3v) is 4.90. The van der Waals surface area contributed by atoms with E-state index in [0.717, 1.165) is 16.5 Å². The van der Waals surface area contributed by atoms with E-state index in [9.17, 15) is 10.2 Å². The highest BCUT2D eigenvalue weighted by Gasteiger charge is 2.36. The minimum atomic E-state index is -0.505. The highest BCUT2D eigenvalue weighted by Crippen LogP contribution is 2.40. The molecule has 0 unspecified atom stereocenters. The van der Waals surface area contributed by atoms with Crippen molar-refractivity contribution in [2.75, 3.05) is 13.2 Å². The number of hydrogen-bond donors (Lipinski definition) is 2. The van der Waals surface area contributed by atoms with E-state index in [0.29, 0.717) is 5.92 Å². The molecule has 0 spiro atoms. The summed E-state index contributed by atoms with van der Waals surface area (Å²) in [6.07, 6.45) is 5.90. The number of halogens is 1. The second-order valence-electron chi connectivity index (χ2n) is 5.43. The maximum atomic E-state index is 9.83. The molecule has 1 aromatic carbocycles. The lowest BCUT2D eigenvalue weighted by Gasteiger charge is -2.33. The fourth-order valence-corrected chi connectivity index (χ4v) is 3.82. The molecule has 0 amide bonds. The molecule has 2 rings (SSSR count). The molecule has 0 bridgehead atoms. The first-order valence-electron chi connectivity index (χ1n) is 6.68. The van der Waals surface area contributed by atoms with Gasteiger partial charge in [0, 0.05) is 9.89 Å². The fraction of sp³-hybridized carbons (Fsp3) is 0.600. The number of aliphatic hydroxyl groups excluding tert-OH is 2. The van der Waals surface area contributed by atoms with Gasteiger partial charge in [-0.2, -0.15) is 0 Å². The summed E-state index contributed by atoms with van der Waals surface area (Å²) in [7, 11) is 0. The first kappa shape index (κ1) is 14.0. The second-order valence-corrected chi connectivity index (χ2v) is 6.29. The van der Waals surface area contributed by atoms with Crippen molar-refractivity contribution in [3.63, 3.8) is 0 Å². The number of hydrogen-bond acceptors (Lipinski definition) is 2. The molecule has 1 fully saturated rings. The number of rotatable bonds is 5. The van der Waals surface area contributed by atoms with Gasteiger partial charge >= 0.3 is 0 Å². The maximum Gasteiger partial charge on any atom is 0.0550 e. The van der Waals surface area contributed by atoms with E-state index in [1.54, 1.807) is 0 Å². The quantitative estimate of drug-likeness (QED) is 0.876. The Morgan fingerprint density at radius 3 is 2.28 bits per heavy atom. The van der Waals surface area contributed by atoms with Crippen molar-refractivity contribution < 1.29 is 10.2 Å². The molecular formula is C15H21BrO2. The van der Waals surface area contributed by atoms with Gasteiger partial charge in [-0.15, -0.1) is 0 Å². The summed E-state index contributed by atoms with van der Waals surface area (Å²) in [6, 6.07) is 7.91. The van der Waals surface area contributed by atoms with Gasteiger partial charge in [0.05, 0.1) is 13.2 Å². The van der Waals surface area contributed by atoms with Crippen LogP contribution in [0.1, 0.15) is 37.7 Å². The van der Waals surface area contributed by atoms with E-state index in [4.69, 9.17) is 0 Å². The van der Waals surface area contributed by atoms with Crippen LogP contribution in [0.4, 0.5) is 0 Å². The van der Waals surface area contributed by atoms with E-state index in [2.05, 4.69) is 15.9 Å². The van der Waals surface area contributed by atoms with Crippen molar-refractivity contribution in [2.45, 2.75) is 37.5 Å². The summed E-state index contributed by atoms with van der Waals surface area (Å²) in [5.74, 6) is 0.636. The van der Waals surface area contributed by atoms with E-state index in [-0.39, 0.29) is 13.2 Å². The molecule has 1 aliphatic rings. The van der Waals surface area contributed by atoms with Crippen LogP contribution in [0, 0.1) is 5.92 Å². The topological polar surface area (TPSA) is 40.5 Å². The molecule has 0 aromatic heterocycles. The minimum absolute atomic E-state index is 0.00259. The Hall–Kier alpha value is -0.380. The summed E-state index contributed by atoms with van der Waals surface area (Å²) >= 11 is 3.54. The molecule has 0 aliphatic heterocycles. The van der Waals surface area contributed by atoms with Gasteiger partial charge in [-0.1, -0.05) is 59.8 Å². The van der Waals surface area contributed by atoms with Crippen LogP contribution in [0.25, 0.3) is 0 Å². The summed E-state index contributed by atoms with van der Waals surface area (Å²) in [6.45, 7) is 0.00519. The van der Waals surface area contributed by atoms with Gasteiger partial charge in [0.2, 0.25) is 0 Å². The SMILES string of the molecule is OCC(CO)(CC1CCCC1)c1ccccc1Br. The van der Waals surface area contributed by atoms with Gasteiger partial charge in [-0.3, -0.25) is 0 Å². The first-order chi connectivity index (χ1) is 8.72. The second kappa shape index (κ2) is 6.18. The maximum absolute atomic E-state index is 9.83. The van der Waals surface area contributed by atoms with E-state index in [1.807, 2.05) is 24.3 Å². The first-order valence-corrected chi connectivity index (χ1v) is 7.48. The van der Waals surface area contributed by atoms with Crippen LogP contribution in [0.5, 0.6) is 0 Å². The number of aliphatic hydroxyl groups is 2. The molecule has 1 saturated carbocycles. The summed E-state index contributed by atoms with van der Waals surface area (Å²) < 4.78 is 0.978. The zero-order chi connectivity index (χ0) is 13.0. The largest absolute Gasteiger partial charge is 0.395 e. The van der Waals surface area contributed by atoms with Gasteiger partial charge < -0.3 is 10.2 Å². The predicted molar refractivity (Wildman–Crippen MR) is 76.6 cm³/mol. The molecule has 1 aliphatic carbocycles. The van der Waals surface area contributed by atoms with Gasteiger partial charge in [-0.05, 0) is 24.0 Å². The Bertz CT molecular complexity index is 382. The summed E-state index contributed by atoms with van der Waals surface area (Å²) in [5, 5.41) is 19.7. The average Bonchev–Trinajstić information content (AvgIpc) is 2.90. The Labute approximate surface area is 117 Å². The molecular weight excluding hydrogens is 292 g/mol. The molecule has 0 heterocycles. The molecule has 3 heteroatoms. The zero-order valence-corrected chi connectivity index (χ0v) is 12.2. The van der Waals surface area contributed by atoms with Crippen molar-refractivity contribution in [3.8, 4) is 0 Å². The number of benzene rings is 1. The van der Waals surface area contributed by atoms with Gasteiger partial charge in [-0.25, -0.2) is 0 Å². The summed E-state index contributed by atoms with van der Waals surface area (Å²) in [4.78, 5) is 0. The van der Waals surface area contributed by atoms with Gasteiger partial charge in [0.1, 0.15) is 0 Å². The van der Waals surface area contributed by atoms with Gasteiger partial charge in [0.15, 0.2) is 0 Å². The highest BCUT2D eigenvalue weighted by atomic mass is 79.9. The normalized spacial score (nSPS) is 17.3. The molecule has 1 aromatic rings. The van der Waals surface area contributed by atoms with Crippen molar-refractivity contribution in [1.82, 2.24) is 0 Å². The predicted octanol–water partition coefficient (Wildman–Crippen LogP) is 3.25. The molecule has 0 atom stereocenters. The van der Waals surface area contributed by atoms with E-state index in [1.165, 1.54) is 25.7 Å². The Balaban J connectivity index is 2.27. The molecule has 0 radical (unpaired) electrons. The van der Waals surface area contributed by atoms with Crippen molar-refractivity contribution in [1.29, 1.82) is 0 Å². The Morgan fingerprint density at radius 1 is 1.11 bits per heavy atom. The lowest BCUT2D eigenvalue weighted by molar-refractivity contribution is 0.0950. The van der Waals surface area contributed by atoms with Crippen LogP contribution >= 0.6 is 15.9 Å². The lowest BCUT2D eigenvalue weighted by Crippen LogP contribution is -2.37. The molecule has 0 saturated heterocycles. The molecule has 18 heavy (non-hydrogen) atoms. The van der Waals surface area contributed by atoms with Crippen LogP contribution in [0.3, 0.4) is 0 Å². The van der Waals surface area contributed by atoms with Crippen molar-refractivity contribution in [2.24, 2.45) is 5.92 Å². The van der Waals surface area contributed by atoms with Crippen molar-refractivity contribution in [3.05, 3.63) is 34.3 Å². The standard InChI is InChI=1S/C15H21BrO2/c16-14-8-4-3-7-13(14)15(10-17,11-18)9-12-5-1-2-6-12/h3-4,7-8,12,17-18H,1-2,5-6,9-11H2. The Kier molecular flexibility index (Phi) is 4.82. The van der Waals surface area contributed by atoms with Crippen LogP contribution in [-0.2, 0) is 5.41 Å². The monoisotopic (exact) mass is 312 g/mol. The van der Waals surface area contributed by atoms with E-state index >= 15 is 0 Å².